The van der Waals surface area contributed by atoms with Gasteiger partial charge >= 0.3 is 0 Å². The van der Waals surface area contributed by atoms with E-state index in [9.17, 15) is 13.6 Å². The largest absolute Gasteiger partial charge is 0.398 e. The van der Waals surface area contributed by atoms with Gasteiger partial charge in [-0.05, 0) is 25.7 Å². The van der Waals surface area contributed by atoms with Gasteiger partial charge in [-0.25, -0.2) is 13.8 Å². The van der Waals surface area contributed by atoms with Crippen LogP contribution in [0.25, 0.3) is 11.0 Å². The molecule has 0 saturated heterocycles. The van der Waals surface area contributed by atoms with Gasteiger partial charge in [0, 0.05) is 42.9 Å². The minimum atomic E-state index is -2.57. The van der Waals surface area contributed by atoms with Gasteiger partial charge in [0.25, 0.3) is 5.56 Å². The van der Waals surface area contributed by atoms with Crippen molar-refractivity contribution < 1.29 is 8.78 Å². The van der Waals surface area contributed by atoms with E-state index in [1.807, 2.05) is 0 Å². The summed E-state index contributed by atoms with van der Waals surface area (Å²) < 4.78 is 28.5. The number of pyridine rings is 1. The van der Waals surface area contributed by atoms with Crippen molar-refractivity contribution in [2.75, 3.05) is 11.1 Å². The van der Waals surface area contributed by atoms with Crippen LogP contribution in [0.2, 0.25) is 0 Å². The molecule has 2 heterocycles. The van der Waals surface area contributed by atoms with Crippen molar-refractivity contribution in [3.63, 3.8) is 0 Å². The van der Waals surface area contributed by atoms with Gasteiger partial charge in [-0.1, -0.05) is 19.3 Å². The highest BCUT2D eigenvalue weighted by molar-refractivity contribution is 5.87. The van der Waals surface area contributed by atoms with Crippen LogP contribution in [0, 0.1) is 0 Å². The van der Waals surface area contributed by atoms with Gasteiger partial charge in [-0.2, -0.15) is 4.98 Å². The molecular formula is C19H25F2N5O. The van der Waals surface area contributed by atoms with Crippen LogP contribution < -0.4 is 16.6 Å². The normalized spacial score (nSPS) is 21.4. The van der Waals surface area contributed by atoms with E-state index >= 15 is 0 Å². The second kappa shape index (κ2) is 7.05. The number of aromatic nitrogens is 3. The number of anilines is 2. The topological polar surface area (TPSA) is 85.8 Å². The van der Waals surface area contributed by atoms with Crippen LogP contribution in [0.1, 0.15) is 63.8 Å². The molecule has 0 aromatic carbocycles. The van der Waals surface area contributed by atoms with E-state index in [0.29, 0.717) is 35.5 Å². The Morgan fingerprint density at radius 3 is 2.56 bits per heavy atom. The SMILES string of the molecule is Nc1cc(=O)n(C2CCCCC2)c2nc(NC3CCC(F)(F)CC3)ncc12. The van der Waals surface area contributed by atoms with E-state index in [0.717, 1.165) is 25.7 Å². The van der Waals surface area contributed by atoms with E-state index < -0.39 is 5.92 Å². The van der Waals surface area contributed by atoms with Gasteiger partial charge in [0.2, 0.25) is 11.9 Å². The molecule has 0 aliphatic heterocycles. The number of nitrogens with two attached hydrogens (primary N) is 1. The molecule has 4 rings (SSSR count). The van der Waals surface area contributed by atoms with Crippen LogP contribution in [0.4, 0.5) is 20.4 Å². The summed E-state index contributed by atoms with van der Waals surface area (Å²) in [5, 5.41) is 3.82. The van der Waals surface area contributed by atoms with Crippen molar-refractivity contribution in [2.45, 2.75) is 75.8 Å². The molecule has 3 N–H and O–H groups in total. The van der Waals surface area contributed by atoms with Gasteiger partial charge < -0.3 is 11.1 Å². The number of nitrogen functional groups attached to an aromatic ring is 1. The van der Waals surface area contributed by atoms with Crippen molar-refractivity contribution in [2.24, 2.45) is 0 Å². The molecule has 0 atom stereocenters. The molecule has 0 radical (unpaired) electrons. The van der Waals surface area contributed by atoms with Crippen LogP contribution >= 0.6 is 0 Å². The summed E-state index contributed by atoms with van der Waals surface area (Å²) in [4.78, 5) is 21.5. The minimum Gasteiger partial charge on any atom is -0.398 e. The van der Waals surface area contributed by atoms with Gasteiger partial charge in [0.1, 0.15) is 0 Å². The summed E-state index contributed by atoms with van der Waals surface area (Å²) in [6, 6.07) is 1.47. The average Bonchev–Trinajstić information content (AvgIpc) is 2.64. The standard InChI is InChI=1S/C19H25F2N5O/c20-19(21)8-6-12(7-9-19)24-18-23-11-14-15(22)10-16(27)26(17(14)25-18)13-4-2-1-3-5-13/h10-13H,1-9,22H2,(H,23,24,25). The van der Waals surface area contributed by atoms with E-state index in [1.54, 1.807) is 10.8 Å². The highest BCUT2D eigenvalue weighted by atomic mass is 19.3. The molecule has 0 amide bonds. The summed E-state index contributed by atoms with van der Waals surface area (Å²) in [6.07, 6.45) is 7.39. The molecule has 146 valence electrons. The molecule has 2 saturated carbocycles. The number of alkyl halides is 2. The maximum Gasteiger partial charge on any atom is 0.254 e. The molecule has 2 fully saturated rings. The summed E-state index contributed by atoms with van der Waals surface area (Å²) >= 11 is 0. The molecule has 2 aliphatic carbocycles. The Morgan fingerprint density at radius 1 is 1.15 bits per heavy atom. The smallest absolute Gasteiger partial charge is 0.254 e. The predicted octanol–water partition coefficient (Wildman–Crippen LogP) is 3.87. The first kappa shape index (κ1) is 18.1. The van der Waals surface area contributed by atoms with Crippen LogP contribution in [0.15, 0.2) is 17.1 Å². The van der Waals surface area contributed by atoms with Crippen molar-refractivity contribution in [1.29, 1.82) is 0 Å². The van der Waals surface area contributed by atoms with Gasteiger partial charge in [0.15, 0.2) is 5.65 Å². The zero-order chi connectivity index (χ0) is 19.0. The second-order valence-electron chi connectivity index (χ2n) is 7.81. The van der Waals surface area contributed by atoms with Gasteiger partial charge in [-0.15, -0.1) is 0 Å². The molecule has 0 unspecified atom stereocenters. The number of nitrogens with zero attached hydrogens (tertiary/aromatic N) is 3. The van der Waals surface area contributed by atoms with Crippen molar-refractivity contribution in [3.8, 4) is 0 Å². The summed E-state index contributed by atoms with van der Waals surface area (Å²) in [6.45, 7) is 0. The number of nitrogens with one attached hydrogen (secondary N) is 1. The monoisotopic (exact) mass is 377 g/mol. The van der Waals surface area contributed by atoms with Crippen LogP contribution in [-0.4, -0.2) is 26.5 Å². The zero-order valence-corrected chi connectivity index (χ0v) is 15.3. The zero-order valence-electron chi connectivity index (χ0n) is 15.3. The lowest BCUT2D eigenvalue weighted by atomic mass is 9.92. The first-order valence-electron chi connectivity index (χ1n) is 9.75. The highest BCUT2D eigenvalue weighted by Crippen LogP contribution is 2.34. The fourth-order valence-corrected chi connectivity index (χ4v) is 4.27. The number of hydrogen-bond acceptors (Lipinski definition) is 5. The highest BCUT2D eigenvalue weighted by Gasteiger charge is 2.35. The molecular weight excluding hydrogens is 352 g/mol. The molecule has 0 bridgehead atoms. The van der Waals surface area contributed by atoms with E-state index in [4.69, 9.17) is 5.73 Å². The predicted molar refractivity (Wildman–Crippen MR) is 101 cm³/mol. The lowest BCUT2D eigenvalue weighted by Gasteiger charge is -2.29. The lowest BCUT2D eigenvalue weighted by Crippen LogP contribution is -2.32. The molecule has 2 aliphatic rings. The summed E-state index contributed by atoms with van der Waals surface area (Å²) in [7, 11) is 0. The van der Waals surface area contributed by atoms with Crippen LogP contribution in [0.5, 0.6) is 0 Å². The summed E-state index contributed by atoms with van der Waals surface area (Å²) in [5.74, 6) is -2.20. The number of fused-ring (bicyclic) bond motifs is 1. The molecule has 0 spiro atoms. The Balaban J connectivity index is 1.67. The summed E-state index contributed by atoms with van der Waals surface area (Å²) in [5.41, 5.74) is 6.78. The number of hydrogen-bond donors (Lipinski definition) is 2. The fraction of sp³-hybridized carbons (Fsp3) is 0.632. The Morgan fingerprint density at radius 2 is 1.85 bits per heavy atom. The first-order chi connectivity index (χ1) is 12.9. The van der Waals surface area contributed by atoms with Crippen molar-refractivity contribution in [1.82, 2.24) is 14.5 Å². The Bertz CT molecular complexity index is 882. The third-order valence-electron chi connectivity index (χ3n) is 5.81. The minimum absolute atomic E-state index is 0.0852. The van der Waals surface area contributed by atoms with E-state index in [1.165, 1.54) is 12.5 Å². The van der Waals surface area contributed by atoms with E-state index in [2.05, 4.69) is 15.3 Å². The molecule has 8 heteroatoms. The van der Waals surface area contributed by atoms with Crippen molar-refractivity contribution >= 4 is 22.7 Å². The number of rotatable bonds is 3. The third-order valence-corrected chi connectivity index (χ3v) is 5.81. The van der Waals surface area contributed by atoms with Crippen LogP contribution in [-0.2, 0) is 0 Å². The third kappa shape index (κ3) is 3.75. The molecule has 2 aromatic rings. The fourth-order valence-electron chi connectivity index (χ4n) is 4.27. The lowest BCUT2D eigenvalue weighted by molar-refractivity contribution is -0.0361. The van der Waals surface area contributed by atoms with Gasteiger partial charge in [0.05, 0.1) is 5.39 Å². The average molecular weight is 377 g/mol. The first-order valence-corrected chi connectivity index (χ1v) is 9.75. The maximum absolute atomic E-state index is 13.4. The number of halogens is 2. The maximum atomic E-state index is 13.4. The molecule has 27 heavy (non-hydrogen) atoms. The quantitative estimate of drug-likeness (QED) is 0.848. The van der Waals surface area contributed by atoms with Crippen molar-refractivity contribution in [3.05, 3.63) is 22.6 Å². The van der Waals surface area contributed by atoms with Gasteiger partial charge in [-0.3, -0.25) is 9.36 Å². The Labute approximate surface area is 156 Å². The Hall–Kier alpha value is -2.25. The van der Waals surface area contributed by atoms with E-state index in [-0.39, 0.29) is 30.5 Å². The van der Waals surface area contributed by atoms with Crippen LogP contribution in [0.3, 0.4) is 0 Å². The Kier molecular flexibility index (Phi) is 4.74. The second-order valence-corrected chi connectivity index (χ2v) is 7.81. The molecule has 2 aromatic heterocycles. The molecule has 6 nitrogen and oxygen atoms in total.